The van der Waals surface area contributed by atoms with Crippen molar-refractivity contribution in [3.8, 4) is 11.3 Å². The quantitative estimate of drug-likeness (QED) is 0.604. The van der Waals surface area contributed by atoms with Crippen molar-refractivity contribution in [1.29, 1.82) is 0 Å². The van der Waals surface area contributed by atoms with Crippen LogP contribution in [0, 0.1) is 0 Å². The maximum absolute atomic E-state index is 5.92. The summed E-state index contributed by atoms with van der Waals surface area (Å²) < 4.78 is 0. The molecular formula is C11H9ClN4. The van der Waals surface area contributed by atoms with Gasteiger partial charge in [-0.05, 0) is 12.1 Å². The highest BCUT2D eigenvalue weighted by Crippen LogP contribution is 2.31. The fourth-order valence-corrected chi connectivity index (χ4v) is 1.99. The average Bonchev–Trinajstić information content (AvgIpc) is 2.83. The number of nitrogens with one attached hydrogen (secondary N) is 2. The molecule has 0 amide bonds. The number of halogens is 1. The van der Waals surface area contributed by atoms with Crippen LogP contribution in [-0.2, 0) is 0 Å². The number of hydrogen-bond acceptors (Lipinski definition) is 2. The smallest absolute Gasteiger partial charge is 0.0901 e. The molecule has 80 valence electrons. The highest BCUT2D eigenvalue weighted by Gasteiger charge is 2.10. The van der Waals surface area contributed by atoms with Crippen molar-refractivity contribution in [2.24, 2.45) is 0 Å². The molecule has 4 nitrogen and oxygen atoms in total. The number of hydrogen-bond donors (Lipinski definition) is 3. The number of fused-ring (bicyclic) bond motifs is 1. The summed E-state index contributed by atoms with van der Waals surface area (Å²) in [7, 11) is 0. The third-order valence-corrected chi connectivity index (χ3v) is 2.82. The molecule has 0 aliphatic carbocycles. The first-order chi connectivity index (χ1) is 7.75. The molecule has 0 spiro atoms. The van der Waals surface area contributed by atoms with Gasteiger partial charge in [-0.25, -0.2) is 0 Å². The van der Waals surface area contributed by atoms with Crippen LogP contribution in [0.4, 0.5) is 5.69 Å². The van der Waals surface area contributed by atoms with E-state index in [2.05, 4.69) is 15.2 Å². The predicted octanol–water partition coefficient (Wildman–Crippen LogP) is 2.79. The molecule has 0 aliphatic heterocycles. The Morgan fingerprint density at radius 1 is 1.31 bits per heavy atom. The Morgan fingerprint density at radius 2 is 2.19 bits per heavy atom. The molecule has 2 heterocycles. The first-order valence-electron chi connectivity index (χ1n) is 4.81. The van der Waals surface area contributed by atoms with E-state index < -0.39 is 0 Å². The molecule has 3 aromatic rings. The number of rotatable bonds is 1. The first-order valence-corrected chi connectivity index (χ1v) is 5.19. The first kappa shape index (κ1) is 9.30. The largest absolute Gasteiger partial charge is 0.396 e. The van der Waals surface area contributed by atoms with Crippen LogP contribution < -0.4 is 5.73 Å². The van der Waals surface area contributed by atoms with E-state index in [0.717, 1.165) is 22.2 Å². The minimum atomic E-state index is 0.635. The number of H-pyrrole nitrogens is 2. The van der Waals surface area contributed by atoms with E-state index in [4.69, 9.17) is 17.3 Å². The summed E-state index contributed by atoms with van der Waals surface area (Å²) in [5, 5.41) is 8.58. The van der Waals surface area contributed by atoms with Crippen LogP contribution in [0.1, 0.15) is 0 Å². The number of aromatic amines is 2. The molecule has 1 aromatic carbocycles. The van der Waals surface area contributed by atoms with Crippen molar-refractivity contribution in [2.45, 2.75) is 0 Å². The van der Waals surface area contributed by atoms with Crippen LogP contribution in [-0.4, -0.2) is 15.2 Å². The van der Waals surface area contributed by atoms with Gasteiger partial charge < -0.3 is 10.7 Å². The van der Waals surface area contributed by atoms with Gasteiger partial charge in [0.2, 0.25) is 0 Å². The zero-order valence-corrected chi connectivity index (χ0v) is 9.05. The zero-order chi connectivity index (χ0) is 11.1. The van der Waals surface area contributed by atoms with E-state index >= 15 is 0 Å². The molecule has 0 saturated carbocycles. The molecule has 4 N–H and O–H groups in total. The highest BCUT2D eigenvalue weighted by atomic mass is 35.5. The Labute approximate surface area is 96.4 Å². The maximum atomic E-state index is 5.92. The zero-order valence-electron chi connectivity index (χ0n) is 8.29. The van der Waals surface area contributed by atoms with Crippen LogP contribution in [0.25, 0.3) is 22.2 Å². The van der Waals surface area contributed by atoms with E-state index in [0.29, 0.717) is 10.7 Å². The van der Waals surface area contributed by atoms with Crippen molar-refractivity contribution in [3.05, 3.63) is 35.6 Å². The second-order valence-corrected chi connectivity index (χ2v) is 4.03. The molecule has 0 unspecified atom stereocenters. The Morgan fingerprint density at radius 3 is 2.94 bits per heavy atom. The van der Waals surface area contributed by atoms with Gasteiger partial charge in [0.25, 0.3) is 0 Å². The van der Waals surface area contributed by atoms with E-state index in [1.165, 1.54) is 0 Å². The Bertz CT molecular complexity index is 653. The number of anilines is 1. The fourth-order valence-electron chi connectivity index (χ4n) is 1.82. The van der Waals surface area contributed by atoms with E-state index in [1.807, 2.05) is 24.4 Å². The number of nitrogens with two attached hydrogens (primary N) is 1. The van der Waals surface area contributed by atoms with Crippen molar-refractivity contribution in [1.82, 2.24) is 15.2 Å². The van der Waals surface area contributed by atoms with Gasteiger partial charge in [0, 0.05) is 27.7 Å². The van der Waals surface area contributed by atoms with Gasteiger partial charge in [-0.3, -0.25) is 5.10 Å². The molecule has 3 rings (SSSR count). The number of nitrogen functional groups attached to an aromatic ring is 1. The van der Waals surface area contributed by atoms with Crippen molar-refractivity contribution in [3.63, 3.8) is 0 Å². The van der Waals surface area contributed by atoms with Gasteiger partial charge in [-0.1, -0.05) is 17.7 Å². The Balaban J connectivity index is 2.30. The number of aromatic nitrogens is 3. The molecule has 0 atom stereocenters. The minimum Gasteiger partial charge on any atom is -0.396 e. The second-order valence-electron chi connectivity index (χ2n) is 3.59. The topological polar surface area (TPSA) is 70.5 Å². The van der Waals surface area contributed by atoms with Crippen molar-refractivity contribution in [2.75, 3.05) is 5.73 Å². The third-order valence-electron chi connectivity index (χ3n) is 2.58. The fraction of sp³-hybridized carbons (Fsp3) is 0. The summed E-state index contributed by atoms with van der Waals surface area (Å²) in [5.41, 5.74) is 9.27. The van der Waals surface area contributed by atoms with Crippen molar-refractivity contribution < 1.29 is 0 Å². The average molecular weight is 233 g/mol. The van der Waals surface area contributed by atoms with E-state index in [9.17, 15) is 0 Å². The predicted molar refractivity (Wildman–Crippen MR) is 65.3 cm³/mol. The van der Waals surface area contributed by atoms with Crippen LogP contribution >= 0.6 is 11.6 Å². The van der Waals surface area contributed by atoms with Gasteiger partial charge in [-0.2, -0.15) is 5.10 Å². The molecular weight excluding hydrogens is 224 g/mol. The van der Waals surface area contributed by atoms with Crippen LogP contribution in [0.15, 0.2) is 30.6 Å². The summed E-state index contributed by atoms with van der Waals surface area (Å²) in [6, 6.07) is 5.70. The lowest BCUT2D eigenvalue weighted by atomic mass is 10.1. The monoisotopic (exact) mass is 232 g/mol. The lowest BCUT2D eigenvalue weighted by Crippen LogP contribution is -1.85. The molecule has 0 bridgehead atoms. The Hall–Kier alpha value is -1.94. The molecule has 0 radical (unpaired) electrons. The molecule has 0 saturated heterocycles. The summed E-state index contributed by atoms with van der Waals surface area (Å²) in [6.07, 6.45) is 3.49. The van der Waals surface area contributed by atoms with Gasteiger partial charge in [0.1, 0.15) is 0 Å². The Kier molecular flexibility index (Phi) is 1.91. The van der Waals surface area contributed by atoms with Crippen LogP contribution in [0.5, 0.6) is 0 Å². The lowest BCUT2D eigenvalue weighted by Gasteiger charge is -1.97. The van der Waals surface area contributed by atoms with Gasteiger partial charge in [-0.15, -0.1) is 0 Å². The van der Waals surface area contributed by atoms with Crippen LogP contribution in [0.2, 0.25) is 5.02 Å². The maximum Gasteiger partial charge on any atom is 0.0901 e. The summed E-state index contributed by atoms with van der Waals surface area (Å²) in [5.74, 6) is 0. The summed E-state index contributed by atoms with van der Waals surface area (Å²) in [4.78, 5) is 3.16. The van der Waals surface area contributed by atoms with E-state index in [-0.39, 0.29) is 0 Å². The third kappa shape index (κ3) is 1.27. The molecule has 0 fully saturated rings. The number of benzene rings is 1. The molecule has 0 aliphatic rings. The lowest BCUT2D eigenvalue weighted by molar-refractivity contribution is 1.10. The highest BCUT2D eigenvalue weighted by molar-refractivity contribution is 6.31. The van der Waals surface area contributed by atoms with Crippen LogP contribution in [0.3, 0.4) is 0 Å². The van der Waals surface area contributed by atoms with Gasteiger partial charge >= 0.3 is 0 Å². The molecule has 5 heteroatoms. The molecule has 16 heavy (non-hydrogen) atoms. The second kappa shape index (κ2) is 3.28. The minimum absolute atomic E-state index is 0.635. The SMILES string of the molecule is Nc1cn[nH]c1-c1c[nH]c2cc(Cl)ccc12. The summed E-state index contributed by atoms with van der Waals surface area (Å²) >= 11 is 5.92. The van der Waals surface area contributed by atoms with E-state index in [1.54, 1.807) is 6.20 Å². The summed E-state index contributed by atoms with van der Waals surface area (Å²) in [6.45, 7) is 0. The standard InChI is InChI=1S/C11H9ClN4/c12-6-1-2-7-8(4-14-10(7)3-6)11-9(13)5-15-16-11/h1-5,14H,13H2,(H,15,16). The van der Waals surface area contributed by atoms with Gasteiger partial charge in [0.15, 0.2) is 0 Å². The number of nitrogens with zero attached hydrogens (tertiary/aromatic N) is 1. The van der Waals surface area contributed by atoms with Gasteiger partial charge in [0.05, 0.1) is 17.6 Å². The molecule has 2 aromatic heterocycles. The normalized spacial score (nSPS) is 11.1. The van der Waals surface area contributed by atoms with Crippen molar-refractivity contribution >= 4 is 28.2 Å².